The Morgan fingerprint density at radius 2 is 1.78 bits per heavy atom. The van der Waals surface area contributed by atoms with Crippen molar-refractivity contribution >= 4 is 44.5 Å². The lowest BCUT2D eigenvalue weighted by Crippen LogP contribution is -2.27. The van der Waals surface area contributed by atoms with Crippen LogP contribution in [0.1, 0.15) is 45.6 Å². The lowest BCUT2D eigenvalue weighted by atomic mass is 10.1. The molecular formula is C27H28BrN7O. The number of rotatable bonds is 7. The van der Waals surface area contributed by atoms with Crippen molar-refractivity contribution in [2.24, 2.45) is 0 Å². The molecule has 36 heavy (non-hydrogen) atoms. The third-order valence-electron chi connectivity index (χ3n) is 6.59. The molecule has 0 atom stereocenters. The van der Waals surface area contributed by atoms with E-state index in [2.05, 4.69) is 36.8 Å². The molecule has 0 aliphatic carbocycles. The number of amides is 1. The number of aryl methyl sites for hydroxylation is 1. The summed E-state index contributed by atoms with van der Waals surface area (Å²) in [6.45, 7) is 6.82. The fourth-order valence-corrected chi connectivity index (χ4v) is 4.67. The number of likely N-dealkylation sites (tertiary alicyclic amines) is 1. The molecule has 0 spiro atoms. The van der Waals surface area contributed by atoms with Crippen LogP contribution in [-0.2, 0) is 13.1 Å². The van der Waals surface area contributed by atoms with Crippen molar-refractivity contribution in [3.63, 3.8) is 0 Å². The summed E-state index contributed by atoms with van der Waals surface area (Å²) in [4.78, 5) is 24.0. The zero-order chi connectivity index (χ0) is 25.1. The number of nitrogens with one attached hydrogen (secondary N) is 2. The van der Waals surface area contributed by atoms with Crippen molar-refractivity contribution < 1.29 is 4.79 Å². The predicted molar refractivity (Wildman–Crippen MR) is 145 cm³/mol. The standard InChI is InChI=1S/C27H28BrN7O/c1-17-18(2)34-31-16-21(17)15-30-27-32-24-10-9-22(28)13-23(24)25(33-27)29-14-19-5-7-20(8-6-19)26(36)35-11-3-4-12-35/h5-10,13,16H,3-4,11-12,14-15H2,1-2H3,(H2,29,30,32,33). The maximum absolute atomic E-state index is 12.6. The van der Waals surface area contributed by atoms with Crippen molar-refractivity contribution in [2.45, 2.75) is 39.8 Å². The van der Waals surface area contributed by atoms with E-state index in [0.717, 1.165) is 75.1 Å². The third-order valence-corrected chi connectivity index (χ3v) is 7.09. The van der Waals surface area contributed by atoms with Crippen LogP contribution in [0, 0.1) is 13.8 Å². The minimum absolute atomic E-state index is 0.115. The van der Waals surface area contributed by atoms with Crippen LogP contribution >= 0.6 is 15.9 Å². The summed E-state index contributed by atoms with van der Waals surface area (Å²) in [5, 5.41) is 15.9. The molecule has 1 fully saturated rings. The van der Waals surface area contributed by atoms with Crippen molar-refractivity contribution in [3.05, 3.63) is 81.1 Å². The van der Waals surface area contributed by atoms with Crippen LogP contribution in [0.4, 0.5) is 11.8 Å². The van der Waals surface area contributed by atoms with E-state index in [0.29, 0.717) is 19.0 Å². The smallest absolute Gasteiger partial charge is 0.253 e. The highest BCUT2D eigenvalue weighted by Gasteiger charge is 2.19. The monoisotopic (exact) mass is 545 g/mol. The number of fused-ring (bicyclic) bond motifs is 1. The van der Waals surface area contributed by atoms with E-state index >= 15 is 0 Å². The molecule has 3 heterocycles. The first kappa shape index (κ1) is 24.1. The van der Waals surface area contributed by atoms with Gasteiger partial charge in [-0.15, -0.1) is 0 Å². The molecular weight excluding hydrogens is 518 g/mol. The molecule has 2 N–H and O–H groups in total. The fraction of sp³-hybridized carbons (Fsp3) is 0.296. The van der Waals surface area contributed by atoms with E-state index in [1.807, 2.05) is 61.2 Å². The van der Waals surface area contributed by atoms with Gasteiger partial charge in [-0.2, -0.15) is 15.2 Å². The molecule has 1 saturated heterocycles. The quantitative estimate of drug-likeness (QED) is 0.327. The van der Waals surface area contributed by atoms with Crippen molar-refractivity contribution in [2.75, 3.05) is 23.7 Å². The van der Waals surface area contributed by atoms with Gasteiger partial charge in [-0.05, 0) is 73.7 Å². The average molecular weight is 546 g/mol. The van der Waals surface area contributed by atoms with E-state index in [4.69, 9.17) is 9.97 Å². The van der Waals surface area contributed by atoms with Crippen LogP contribution in [-0.4, -0.2) is 44.1 Å². The van der Waals surface area contributed by atoms with Crippen molar-refractivity contribution in [3.8, 4) is 0 Å². The molecule has 4 aromatic rings. The Kier molecular flexibility index (Phi) is 7.09. The van der Waals surface area contributed by atoms with Gasteiger partial charge in [0.2, 0.25) is 5.95 Å². The molecule has 2 aromatic carbocycles. The summed E-state index contributed by atoms with van der Waals surface area (Å²) in [6.07, 6.45) is 3.95. The van der Waals surface area contributed by atoms with Crippen LogP contribution < -0.4 is 10.6 Å². The first-order valence-electron chi connectivity index (χ1n) is 12.1. The Morgan fingerprint density at radius 3 is 2.56 bits per heavy atom. The van der Waals surface area contributed by atoms with Gasteiger partial charge in [-0.25, -0.2) is 4.98 Å². The predicted octanol–water partition coefficient (Wildman–Crippen LogP) is 5.26. The molecule has 1 aliphatic heterocycles. The molecule has 184 valence electrons. The van der Waals surface area contributed by atoms with E-state index in [9.17, 15) is 4.79 Å². The lowest BCUT2D eigenvalue weighted by molar-refractivity contribution is 0.0793. The Balaban J connectivity index is 1.33. The summed E-state index contributed by atoms with van der Waals surface area (Å²) in [7, 11) is 0. The summed E-state index contributed by atoms with van der Waals surface area (Å²) in [5.74, 6) is 1.39. The Morgan fingerprint density at radius 1 is 1.00 bits per heavy atom. The molecule has 1 aliphatic rings. The molecule has 1 amide bonds. The lowest BCUT2D eigenvalue weighted by Gasteiger charge is -2.15. The number of carbonyl (C=O) groups is 1. The minimum Gasteiger partial charge on any atom is -0.365 e. The highest BCUT2D eigenvalue weighted by molar-refractivity contribution is 9.10. The largest absolute Gasteiger partial charge is 0.365 e. The summed E-state index contributed by atoms with van der Waals surface area (Å²) in [6, 6.07) is 13.8. The number of carbonyl (C=O) groups excluding carboxylic acids is 1. The number of hydrogen-bond acceptors (Lipinski definition) is 7. The van der Waals surface area contributed by atoms with Gasteiger partial charge >= 0.3 is 0 Å². The van der Waals surface area contributed by atoms with E-state index in [1.165, 1.54) is 0 Å². The van der Waals surface area contributed by atoms with Gasteiger partial charge in [-0.3, -0.25) is 4.79 Å². The van der Waals surface area contributed by atoms with Gasteiger partial charge in [0.15, 0.2) is 0 Å². The summed E-state index contributed by atoms with van der Waals surface area (Å²) < 4.78 is 0.959. The number of anilines is 2. The zero-order valence-electron chi connectivity index (χ0n) is 20.4. The summed E-state index contributed by atoms with van der Waals surface area (Å²) >= 11 is 3.56. The number of benzene rings is 2. The minimum atomic E-state index is 0.115. The maximum Gasteiger partial charge on any atom is 0.253 e. The highest BCUT2D eigenvalue weighted by atomic mass is 79.9. The van der Waals surface area contributed by atoms with Gasteiger partial charge in [0.25, 0.3) is 5.91 Å². The topological polar surface area (TPSA) is 95.9 Å². The number of aromatic nitrogens is 4. The Bertz CT molecular complexity index is 1400. The zero-order valence-corrected chi connectivity index (χ0v) is 22.0. The Hall–Kier alpha value is -3.59. The van der Waals surface area contributed by atoms with Gasteiger partial charge in [0.1, 0.15) is 5.82 Å². The third kappa shape index (κ3) is 5.31. The number of nitrogens with zero attached hydrogens (tertiary/aromatic N) is 5. The van der Waals surface area contributed by atoms with Crippen LogP contribution in [0.25, 0.3) is 10.9 Å². The first-order chi connectivity index (χ1) is 17.5. The second-order valence-electron chi connectivity index (χ2n) is 9.04. The highest BCUT2D eigenvalue weighted by Crippen LogP contribution is 2.26. The van der Waals surface area contributed by atoms with E-state index < -0.39 is 0 Å². The number of hydrogen-bond donors (Lipinski definition) is 2. The SMILES string of the molecule is Cc1nncc(CNc2nc(NCc3ccc(C(=O)N4CCCC4)cc3)c3cc(Br)ccc3n2)c1C. The average Bonchev–Trinajstić information content (AvgIpc) is 3.43. The van der Waals surface area contributed by atoms with Gasteiger partial charge in [-0.1, -0.05) is 28.1 Å². The maximum atomic E-state index is 12.6. The molecule has 8 nitrogen and oxygen atoms in total. The summed E-state index contributed by atoms with van der Waals surface area (Å²) in [5.41, 5.74) is 5.71. The first-order valence-corrected chi connectivity index (χ1v) is 12.9. The fourth-order valence-electron chi connectivity index (χ4n) is 4.31. The van der Waals surface area contributed by atoms with Gasteiger partial charge in [0.05, 0.1) is 17.4 Å². The van der Waals surface area contributed by atoms with Crippen LogP contribution in [0.3, 0.4) is 0 Å². The molecule has 0 saturated carbocycles. The van der Waals surface area contributed by atoms with Crippen LogP contribution in [0.5, 0.6) is 0 Å². The van der Waals surface area contributed by atoms with Gasteiger partial charge < -0.3 is 15.5 Å². The normalized spacial score (nSPS) is 13.2. The molecule has 0 radical (unpaired) electrons. The van der Waals surface area contributed by atoms with E-state index in [1.54, 1.807) is 6.20 Å². The molecule has 2 aromatic heterocycles. The molecule has 5 rings (SSSR count). The Labute approximate surface area is 218 Å². The van der Waals surface area contributed by atoms with Crippen LogP contribution in [0.15, 0.2) is 53.1 Å². The van der Waals surface area contributed by atoms with Crippen molar-refractivity contribution in [1.82, 2.24) is 25.1 Å². The molecule has 0 unspecified atom stereocenters. The number of halogens is 1. The van der Waals surface area contributed by atoms with Gasteiger partial charge in [0, 0.05) is 41.6 Å². The second kappa shape index (κ2) is 10.6. The van der Waals surface area contributed by atoms with Crippen LogP contribution in [0.2, 0.25) is 0 Å². The molecule has 0 bridgehead atoms. The van der Waals surface area contributed by atoms with E-state index in [-0.39, 0.29) is 5.91 Å². The second-order valence-corrected chi connectivity index (χ2v) is 9.96. The van der Waals surface area contributed by atoms with Crippen molar-refractivity contribution in [1.29, 1.82) is 0 Å². The molecule has 9 heteroatoms.